The zero-order chi connectivity index (χ0) is 10.2. The highest BCUT2D eigenvalue weighted by Crippen LogP contribution is 2.33. The van der Waals surface area contributed by atoms with Gasteiger partial charge in [0.05, 0.1) is 5.41 Å². The maximum Gasteiger partial charge on any atom is 0.313 e. The van der Waals surface area contributed by atoms with Gasteiger partial charge in [0, 0.05) is 4.88 Å². The summed E-state index contributed by atoms with van der Waals surface area (Å²) in [6.07, 6.45) is 0. The monoisotopic (exact) mass is 198 g/mol. The summed E-state index contributed by atoms with van der Waals surface area (Å²) in [6, 6.07) is 0. The van der Waals surface area contributed by atoms with Gasteiger partial charge in [0.1, 0.15) is 0 Å². The third-order valence-corrected chi connectivity index (χ3v) is 3.35. The molecule has 1 rings (SSSR count). The fourth-order valence-electron chi connectivity index (χ4n) is 1.61. The average molecular weight is 198 g/mol. The molecule has 0 spiro atoms. The van der Waals surface area contributed by atoms with Gasteiger partial charge < -0.3 is 5.11 Å². The molecule has 0 amide bonds. The Labute approximate surface area is 82.2 Å². The Bertz CT molecular complexity index is 317. The van der Waals surface area contributed by atoms with E-state index in [4.69, 9.17) is 5.11 Å². The lowest BCUT2D eigenvalue weighted by molar-refractivity contribution is -0.142. The Balaban J connectivity index is 3.28. The number of hydrogen-bond acceptors (Lipinski definition) is 2. The fourth-order valence-corrected chi connectivity index (χ4v) is 2.62. The van der Waals surface area contributed by atoms with E-state index in [1.807, 2.05) is 19.2 Å². The highest BCUT2D eigenvalue weighted by molar-refractivity contribution is 7.10. The van der Waals surface area contributed by atoms with Gasteiger partial charge in [-0.05, 0) is 44.2 Å². The summed E-state index contributed by atoms with van der Waals surface area (Å²) in [6.45, 7) is 7.43. The number of hydrogen-bond donors (Lipinski definition) is 1. The summed E-state index contributed by atoms with van der Waals surface area (Å²) in [5.74, 6) is -0.767. The van der Waals surface area contributed by atoms with Gasteiger partial charge in [-0.15, -0.1) is 11.3 Å². The topological polar surface area (TPSA) is 37.3 Å². The van der Waals surface area contributed by atoms with Crippen molar-refractivity contribution < 1.29 is 9.90 Å². The first-order valence-electron chi connectivity index (χ1n) is 4.16. The maximum atomic E-state index is 11.0. The van der Waals surface area contributed by atoms with E-state index in [2.05, 4.69) is 0 Å². The molecule has 0 atom stereocenters. The van der Waals surface area contributed by atoms with Crippen molar-refractivity contribution in [2.24, 2.45) is 0 Å². The number of rotatable bonds is 2. The minimum absolute atomic E-state index is 0.767. The van der Waals surface area contributed by atoms with Gasteiger partial charge in [-0.3, -0.25) is 4.79 Å². The molecule has 13 heavy (non-hydrogen) atoms. The lowest BCUT2D eigenvalue weighted by Gasteiger charge is -2.20. The number of aryl methyl sites for hydroxylation is 2. The van der Waals surface area contributed by atoms with E-state index in [9.17, 15) is 4.79 Å². The van der Waals surface area contributed by atoms with Crippen LogP contribution in [0.15, 0.2) is 5.38 Å². The van der Waals surface area contributed by atoms with Gasteiger partial charge in [0.15, 0.2) is 0 Å². The second-order valence-electron chi connectivity index (χ2n) is 3.78. The molecule has 0 saturated heterocycles. The fraction of sp³-hybridized carbons (Fsp3) is 0.500. The quantitative estimate of drug-likeness (QED) is 0.793. The molecule has 1 N–H and O–H groups in total. The second kappa shape index (κ2) is 3.14. The van der Waals surface area contributed by atoms with Crippen molar-refractivity contribution in [2.75, 3.05) is 0 Å². The molecule has 0 aromatic carbocycles. The van der Waals surface area contributed by atoms with Crippen molar-refractivity contribution >= 4 is 17.3 Å². The molecule has 1 aromatic heterocycles. The summed E-state index contributed by atoms with van der Waals surface area (Å²) in [7, 11) is 0. The molecule has 0 aliphatic heterocycles. The summed E-state index contributed by atoms with van der Waals surface area (Å²) in [5, 5.41) is 11.1. The summed E-state index contributed by atoms with van der Waals surface area (Å²) >= 11 is 1.61. The number of thiophene rings is 1. The smallest absolute Gasteiger partial charge is 0.313 e. The first-order chi connectivity index (χ1) is 5.87. The van der Waals surface area contributed by atoms with E-state index in [1.165, 1.54) is 0 Å². The predicted molar refractivity (Wildman–Crippen MR) is 54.5 cm³/mol. The van der Waals surface area contributed by atoms with Crippen LogP contribution in [0.4, 0.5) is 0 Å². The molecule has 72 valence electrons. The highest BCUT2D eigenvalue weighted by atomic mass is 32.1. The van der Waals surface area contributed by atoms with Gasteiger partial charge in [-0.1, -0.05) is 0 Å². The lowest BCUT2D eigenvalue weighted by atomic mass is 9.83. The lowest BCUT2D eigenvalue weighted by Crippen LogP contribution is -2.29. The van der Waals surface area contributed by atoms with Crippen LogP contribution in [0.2, 0.25) is 0 Å². The molecular weight excluding hydrogens is 184 g/mol. The Morgan fingerprint density at radius 1 is 1.46 bits per heavy atom. The molecule has 1 aromatic rings. The van der Waals surface area contributed by atoms with Crippen LogP contribution in [-0.4, -0.2) is 11.1 Å². The minimum Gasteiger partial charge on any atom is -0.481 e. The Morgan fingerprint density at radius 2 is 2.00 bits per heavy atom. The van der Waals surface area contributed by atoms with Crippen LogP contribution in [0.1, 0.15) is 29.9 Å². The molecule has 3 heteroatoms. The van der Waals surface area contributed by atoms with Crippen LogP contribution in [0.3, 0.4) is 0 Å². The number of carboxylic acid groups (broad SMARTS) is 1. The first kappa shape index (κ1) is 10.3. The first-order valence-corrected chi connectivity index (χ1v) is 5.04. The SMILES string of the molecule is Cc1csc(C)c1C(C)(C)C(=O)O. The molecule has 0 unspecified atom stereocenters. The van der Waals surface area contributed by atoms with Crippen LogP contribution in [0.5, 0.6) is 0 Å². The number of carboxylic acids is 1. The molecule has 0 bridgehead atoms. The van der Waals surface area contributed by atoms with Gasteiger partial charge in [0.25, 0.3) is 0 Å². The number of carbonyl (C=O) groups is 1. The molecule has 0 radical (unpaired) electrons. The van der Waals surface area contributed by atoms with Gasteiger partial charge >= 0.3 is 5.97 Å². The zero-order valence-electron chi connectivity index (χ0n) is 8.34. The summed E-state index contributed by atoms with van der Waals surface area (Å²) in [5.41, 5.74) is 1.27. The van der Waals surface area contributed by atoms with Gasteiger partial charge in [-0.25, -0.2) is 0 Å². The van der Waals surface area contributed by atoms with E-state index in [1.54, 1.807) is 25.2 Å². The second-order valence-corrected chi connectivity index (χ2v) is 4.86. The standard InChI is InChI=1S/C10H14O2S/c1-6-5-13-7(2)8(6)10(3,4)9(11)12/h5H,1-4H3,(H,11,12). The van der Waals surface area contributed by atoms with Crippen LogP contribution >= 0.6 is 11.3 Å². The zero-order valence-corrected chi connectivity index (χ0v) is 9.16. The van der Waals surface area contributed by atoms with Crippen LogP contribution in [-0.2, 0) is 10.2 Å². The van der Waals surface area contributed by atoms with E-state index in [0.29, 0.717) is 0 Å². The van der Waals surface area contributed by atoms with E-state index >= 15 is 0 Å². The molecule has 0 fully saturated rings. The van der Waals surface area contributed by atoms with Crippen LogP contribution in [0, 0.1) is 13.8 Å². The average Bonchev–Trinajstić information content (AvgIpc) is 2.30. The van der Waals surface area contributed by atoms with E-state index < -0.39 is 11.4 Å². The normalized spacial score (nSPS) is 11.7. The number of aliphatic carboxylic acids is 1. The van der Waals surface area contributed by atoms with E-state index in [0.717, 1.165) is 16.0 Å². The molecular formula is C10H14O2S. The third-order valence-electron chi connectivity index (χ3n) is 2.32. The largest absolute Gasteiger partial charge is 0.481 e. The molecule has 0 aliphatic rings. The minimum atomic E-state index is -0.770. The molecule has 1 heterocycles. The van der Waals surface area contributed by atoms with Crippen molar-refractivity contribution in [3.05, 3.63) is 21.4 Å². The van der Waals surface area contributed by atoms with Gasteiger partial charge in [-0.2, -0.15) is 0 Å². The molecule has 0 aliphatic carbocycles. The van der Waals surface area contributed by atoms with E-state index in [-0.39, 0.29) is 0 Å². The van der Waals surface area contributed by atoms with Crippen molar-refractivity contribution in [2.45, 2.75) is 33.1 Å². The van der Waals surface area contributed by atoms with Crippen molar-refractivity contribution in [3.63, 3.8) is 0 Å². The summed E-state index contributed by atoms with van der Waals surface area (Å²) in [4.78, 5) is 12.1. The third kappa shape index (κ3) is 1.61. The Hall–Kier alpha value is -0.830. The molecule has 0 saturated carbocycles. The highest BCUT2D eigenvalue weighted by Gasteiger charge is 2.32. The van der Waals surface area contributed by atoms with Crippen LogP contribution in [0.25, 0.3) is 0 Å². The van der Waals surface area contributed by atoms with Crippen molar-refractivity contribution in [1.82, 2.24) is 0 Å². The maximum absolute atomic E-state index is 11.0. The van der Waals surface area contributed by atoms with Crippen LogP contribution < -0.4 is 0 Å². The summed E-state index contributed by atoms with van der Waals surface area (Å²) < 4.78 is 0. The van der Waals surface area contributed by atoms with Crippen molar-refractivity contribution in [3.8, 4) is 0 Å². The Morgan fingerprint density at radius 3 is 2.31 bits per heavy atom. The molecule has 2 nitrogen and oxygen atoms in total. The Kier molecular flexibility index (Phi) is 2.48. The van der Waals surface area contributed by atoms with Gasteiger partial charge in [0.2, 0.25) is 0 Å². The van der Waals surface area contributed by atoms with Crippen molar-refractivity contribution in [1.29, 1.82) is 0 Å². The predicted octanol–water partition coefficient (Wildman–Crippen LogP) is 2.73.